The molecule has 0 radical (unpaired) electrons. The van der Waals surface area contributed by atoms with E-state index in [1.807, 2.05) is 20.2 Å². The Bertz CT molecular complexity index is 1160. The van der Waals surface area contributed by atoms with Crippen LogP contribution in [0.5, 0.6) is 0 Å². The number of nitrogens with zero attached hydrogens (tertiary/aromatic N) is 3. The second-order valence-electron chi connectivity index (χ2n) is 8.67. The number of rotatable bonds is 8. The minimum atomic E-state index is -3.65. The van der Waals surface area contributed by atoms with Gasteiger partial charge in [0.05, 0.1) is 4.90 Å². The van der Waals surface area contributed by atoms with E-state index >= 15 is 0 Å². The minimum Gasteiger partial charge on any atom is -0.378 e. The van der Waals surface area contributed by atoms with Crippen molar-refractivity contribution in [2.24, 2.45) is 0 Å². The van der Waals surface area contributed by atoms with E-state index < -0.39 is 10.0 Å². The van der Waals surface area contributed by atoms with Gasteiger partial charge in [0.25, 0.3) is 0 Å². The normalized spacial score (nSPS) is 15.8. The van der Waals surface area contributed by atoms with Crippen molar-refractivity contribution in [3.8, 4) is 0 Å². The smallest absolute Gasteiger partial charge is 0.240 e. The summed E-state index contributed by atoms with van der Waals surface area (Å²) in [5, 5.41) is 0.508. The highest BCUT2D eigenvalue weighted by atomic mass is 35.5. The predicted octanol–water partition coefficient (Wildman–Crippen LogP) is 4.25. The van der Waals surface area contributed by atoms with Crippen LogP contribution in [0.25, 0.3) is 0 Å². The number of halogens is 1. The van der Waals surface area contributed by atoms with Gasteiger partial charge in [-0.05, 0) is 54.1 Å². The molecule has 6 nitrogen and oxygen atoms in total. The number of para-hydroxylation sites is 1. The van der Waals surface area contributed by atoms with Gasteiger partial charge in [-0.2, -0.15) is 0 Å². The fourth-order valence-corrected chi connectivity index (χ4v) is 5.43. The summed E-state index contributed by atoms with van der Waals surface area (Å²) < 4.78 is 28.7. The topological polar surface area (TPSA) is 55.9 Å². The lowest BCUT2D eigenvalue weighted by molar-refractivity contribution is 0.187. The summed E-state index contributed by atoms with van der Waals surface area (Å²) in [4.78, 5) is 7.02. The van der Waals surface area contributed by atoms with Crippen molar-refractivity contribution in [1.82, 2.24) is 9.62 Å². The number of anilines is 2. The van der Waals surface area contributed by atoms with Gasteiger partial charge < -0.3 is 9.80 Å². The van der Waals surface area contributed by atoms with E-state index in [1.165, 1.54) is 17.8 Å². The second-order valence-corrected chi connectivity index (χ2v) is 10.9. The van der Waals surface area contributed by atoms with Crippen molar-refractivity contribution in [1.29, 1.82) is 0 Å². The molecular weight excluding hydrogens is 468 g/mol. The highest BCUT2D eigenvalue weighted by molar-refractivity contribution is 7.89. The Morgan fingerprint density at radius 1 is 0.882 bits per heavy atom. The molecule has 0 aliphatic carbocycles. The molecule has 1 atom stereocenters. The van der Waals surface area contributed by atoms with Crippen molar-refractivity contribution in [3.05, 3.63) is 89.4 Å². The fourth-order valence-electron chi connectivity index (χ4n) is 4.27. The Balaban J connectivity index is 1.52. The molecule has 8 heteroatoms. The zero-order valence-corrected chi connectivity index (χ0v) is 21.1. The van der Waals surface area contributed by atoms with Crippen molar-refractivity contribution in [2.75, 3.05) is 56.6 Å². The zero-order valence-electron chi connectivity index (χ0n) is 19.6. The maximum atomic E-state index is 13.0. The Morgan fingerprint density at radius 3 is 2.09 bits per heavy atom. The third-order valence-corrected chi connectivity index (χ3v) is 7.95. The highest BCUT2D eigenvalue weighted by Crippen LogP contribution is 2.26. The Kier molecular flexibility index (Phi) is 7.78. The van der Waals surface area contributed by atoms with E-state index in [1.54, 1.807) is 12.1 Å². The van der Waals surface area contributed by atoms with Gasteiger partial charge in [0.2, 0.25) is 10.0 Å². The lowest BCUT2D eigenvalue weighted by atomic mass is 10.0. The van der Waals surface area contributed by atoms with Crippen LogP contribution < -0.4 is 14.5 Å². The molecule has 4 rings (SSSR count). The Morgan fingerprint density at radius 2 is 1.50 bits per heavy atom. The van der Waals surface area contributed by atoms with Crippen LogP contribution >= 0.6 is 11.6 Å². The summed E-state index contributed by atoms with van der Waals surface area (Å²) >= 11 is 5.93. The van der Waals surface area contributed by atoms with Crippen LogP contribution in [-0.4, -0.2) is 60.1 Å². The summed E-state index contributed by atoms with van der Waals surface area (Å²) in [7, 11) is 0.371. The van der Waals surface area contributed by atoms with Crippen molar-refractivity contribution in [3.63, 3.8) is 0 Å². The van der Waals surface area contributed by atoms with Crippen molar-refractivity contribution < 1.29 is 8.42 Å². The van der Waals surface area contributed by atoms with Gasteiger partial charge in [-0.15, -0.1) is 0 Å². The molecule has 1 aliphatic rings. The Hall–Kier alpha value is -2.58. The molecular formula is C26H31ClN4O2S. The van der Waals surface area contributed by atoms with Crippen LogP contribution in [0.15, 0.2) is 83.8 Å². The summed E-state index contributed by atoms with van der Waals surface area (Å²) in [5.41, 5.74) is 3.42. The molecule has 180 valence electrons. The fraction of sp³-hybridized carbons (Fsp3) is 0.308. The lowest BCUT2D eigenvalue weighted by Crippen LogP contribution is -2.49. The maximum Gasteiger partial charge on any atom is 0.240 e. The number of hydrogen-bond donors (Lipinski definition) is 1. The third kappa shape index (κ3) is 5.91. The Labute approximate surface area is 207 Å². The van der Waals surface area contributed by atoms with E-state index in [2.05, 4.69) is 68.0 Å². The molecule has 3 aromatic carbocycles. The summed E-state index contributed by atoms with van der Waals surface area (Å²) in [6.45, 7) is 3.76. The van der Waals surface area contributed by atoms with Crippen LogP contribution in [0.4, 0.5) is 11.4 Å². The monoisotopic (exact) mass is 498 g/mol. The predicted molar refractivity (Wildman–Crippen MR) is 140 cm³/mol. The highest BCUT2D eigenvalue weighted by Gasteiger charge is 2.27. The molecule has 0 saturated carbocycles. The molecule has 1 heterocycles. The average molecular weight is 499 g/mol. The first-order valence-corrected chi connectivity index (χ1v) is 13.3. The zero-order chi connectivity index (χ0) is 24.1. The standard InChI is InChI=1S/C26H31ClN4O2S/c1-29(2)23-12-8-21(9-13-23)26(20-28-34(32,33)25-14-10-22(27)11-15-25)31-18-16-30(17-19-31)24-6-4-3-5-7-24/h3-15,26,28H,16-20H2,1-2H3/t26-/m1/s1. The quantitative estimate of drug-likeness (QED) is 0.503. The van der Waals surface area contributed by atoms with Crippen LogP contribution in [0, 0.1) is 0 Å². The number of sulfonamides is 1. The summed E-state index contributed by atoms with van der Waals surface area (Å²) in [6.07, 6.45) is 0. The van der Waals surface area contributed by atoms with Crippen LogP contribution in [0.1, 0.15) is 11.6 Å². The van der Waals surface area contributed by atoms with Gasteiger partial charge in [-0.3, -0.25) is 4.90 Å². The molecule has 0 spiro atoms. The van der Waals surface area contributed by atoms with Crippen LogP contribution in [-0.2, 0) is 10.0 Å². The van der Waals surface area contributed by atoms with Gasteiger partial charge >= 0.3 is 0 Å². The molecule has 1 saturated heterocycles. The molecule has 1 fully saturated rings. The molecule has 0 amide bonds. The summed E-state index contributed by atoms with van der Waals surface area (Å²) in [6, 6.07) is 24.9. The first-order valence-electron chi connectivity index (χ1n) is 11.4. The van der Waals surface area contributed by atoms with Crippen LogP contribution in [0.2, 0.25) is 5.02 Å². The molecule has 3 aromatic rings. The largest absolute Gasteiger partial charge is 0.378 e. The lowest BCUT2D eigenvalue weighted by Gasteiger charge is -2.40. The van der Waals surface area contributed by atoms with Gasteiger partial charge in [0.1, 0.15) is 0 Å². The average Bonchev–Trinajstić information content (AvgIpc) is 2.85. The van der Waals surface area contributed by atoms with E-state index in [-0.39, 0.29) is 17.5 Å². The molecule has 1 aliphatic heterocycles. The van der Waals surface area contributed by atoms with Gasteiger partial charge in [-0.25, -0.2) is 13.1 Å². The maximum absolute atomic E-state index is 13.0. The first-order chi connectivity index (χ1) is 16.3. The van der Waals surface area contributed by atoms with Crippen molar-refractivity contribution in [2.45, 2.75) is 10.9 Å². The van der Waals surface area contributed by atoms with E-state index in [4.69, 9.17) is 11.6 Å². The van der Waals surface area contributed by atoms with Crippen LogP contribution in [0.3, 0.4) is 0 Å². The van der Waals surface area contributed by atoms with Gasteiger partial charge in [0.15, 0.2) is 0 Å². The molecule has 0 bridgehead atoms. The van der Waals surface area contributed by atoms with Crippen molar-refractivity contribution >= 4 is 33.0 Å². The number of piperazine rings is 1. The first kappa shape index (κ1) is 24.5. The number of nitrogens with one attached hydrogen (secondary N) is 1. The SMILES string of the molecule is CN(C)c1ccc([C@@H](CNS(=O)(=O)c2ccc(Cl)cc2)N2CCN(c3ccccc3)CC2)cc1. The van der Waals surface area contributed by atoms with E-state index in [0.29, 0.717) is 5.02 Å². The third-order valence-electron chi connectivity index (χ3n) is 6.26. The van der Waals surface area contributed by atoms with E-state index in [9.17, 15) is 8.42 Å². The molecule has 34 heavy (non-hydrogen) atoms. The number of benzene rings is 3. The molecule has 0 unspecified atom stereocenters. The number of hydrogen-bond acceptors (Lipinski definition) is 5. The molecule has 0 aromatic heterocycles. The summed E-state index contributed by atoms with van der Waals surface area (Å²) in [5.74, 6) is 0. The minimum absolute atomic E-state index is 0.0730. The second kappa shape index (κ2) is 10.8. The van der Waals surface area contributed by atoms with Gasteiger partial charge in [-0.1, -0.05) is 41.9 Å². The van der Waals surface area contributed by atoms with Gasteiger partial charge in [0, 0.05) is 69.3 Å². The molecule has 1 N–H and O–H groups in total. The van der Waals surface area contributed by atoms with E-state index in [0.717, 1.165) is 37.4 Å².